The van der Waals surface area contributed by atoms with Crippen LogP contribution in [0, 0.1) is 0 Å². The highest BCUT2D eigenvalue weighted by molar-refractivity contribution is 7.13. The first-order chi connectivity index (χ1) is 7.36. The predicted octanol–water partition coefficient (Wildman–Crippen LogP) is 3.94. The summed E-state index contributed by atoms with van der Waals surface area (Å²) in [5, 5.41) is 3.78. The number of aromatic nitrogens is 2. The van der Waals surface area contributed by atoms with E-state index in [9.17, 15) is 0 Å². The van der Waals surface area contributed by atoms with E-state index in [2.05, 4.69) is 9.97 Å². The van der Waals surface area contributed by atoms with Gasteiger partial charge in [-0.05, 0) is 17.5 Å². The number of fused-ring (bicyclic) bond motifs is 1. The van der Waals surface area contributed by atoms with Crippen LogP contribution in [0.5, 0.6) is 0 Å². The van der Waals surface area contributed by atoms with E-state index in [0.29, 0.717) is 0 Å². The van der Waals surface area contributed by atoms with E-state index in [1.54, 1.807) is 11.3 Å². The second-order valence-electron chi connectivity index (χ2n) is 3.20. The van der Waals surface area contributed by atoms with Gasteiger partial charge < -0.3 is 4.98 Å². The monoisotopic (exact) mass is 234 g/mol. The molecule has 0 spiro atoms. The topological polar surface area (TPSA) is 28.7 Å². The molecule has 0 aliphatic rings. The maximum atomic E-state index is 6.32. The van der Waals surface area contributed by atoms with Crippen molar-refractivity contribution in [3.05, 3.63) is 41.0 Å². The van der Waals surface area contributed by atoms with Crippen LogP contribution < -0.4 is 0 Å². The fourth-order valence-corrected chi connectivity index (χ4v) is 2.68. The summed E-state index contributed by atoms with van der Waals surface area (Å²) in [6, 6.07) is 6.01. The van der Waals surface area contributed by atoms with Gasteiger partial charge in [0.25, 0.3) is 0 Å². The van der Waals surface area contributed by atoms with E-state index >= 15 is 0 Å². The maximum Gasteiger partial charge on any atom is 0.138 e. The lowest BCUT2D eigenvalue weighted by molar-refractivity contribution is 1.33. The van der Waals surface area contributed by atoms with Crippen molar-refractivity contribution in [2.45, 2.75) is 0 Å². The normalized spacial score (nSPS) is 11.0. The van der Waals surface area contributed by atoms with Crippen LogP contribution >= 0.6 is 22.9 Å². The molecule has 2 nitrogen and oxygen atoms in total. The number of nitrogens with zero attached hydrogens (tertiary/aromatic N) is 1. The van der Waals surface area contributed by atoms with Gasteiger partial charge in [-0.2, -0.15) is 0 Å². The van der Waals surface area contributed by atoms with Crippen LogP contribution in [0.1, 0.15) is 0 Å². The van der Waals surface area contributed by atoms with E-state index in [-0.39, 0.29) is 0 Å². The van der Waals surface area contributed by atoms with Gasteiger partial charge in [0.05, 0.1) is 5.02 Å². The Hall–Kier alpha value is -1.32. The number of thiophene rings is 1. The summed E-state index contributed by atoms with van der Waals surface area (Å²) in [5.41, 5.74) is 1.83. The smallest absolute Gasteiger partial charge is 0.138 e. The van der Waals surface area contributed by atoms with Crippen LogP contribution in [0.2, 0.25) is 5.02 Å². The largest absolute Gasteiger partial charge is 0.346 e. The summed E-state index contributed by atoms with van der Waals surface area (Å²) in [4.78, 5) is 8.51. The molecule has 0 saturated heterocycles. The first-order valence-electron chi connectivity index (χ1n) is 4.52. The second kappa shape index (κ2) is 3.36. The lowest BCUT2D eigenvalue weighted by Gasteiger charge is -2.01. The molecule has 3 aromatic rings. The Labute approximate surface area is 95.5 Å². The quantitative estimate of drug-likeness (QED) is 0.679. The van der Waals surface area contributed by atoms with Crippen molar-refractivity contribution < 1.29 is 0 Å². The average molecular weight is 235 g/mol. The number of H-pyrrole nitrogens is 1. The molecule has 1 N–H and O–H groups in total. The molecule has 74 valence electrons. The highest BCUT2D eigenvalue weighted by Crippen LogP contribution is 2.34. The summed E-state index contributed by atoms with van der Waals surface area (Å²) >= 11 is 7.99. The van der Waals surface area contributed by atoms with Crippen LogP contribution in [0.15, 0.2) is 36.0 Å². The zero-order valence-corrected chi connectivity index (χ0v) is 9.27. The third-order valence-electron chi connectivity index (χ3n) is 2.31. The zero-order valence-electron chi connectivity index (χ0n) is 7.70. The lowest BCUT2D eigenvalue weighted by Crippen LogP contribution is -1.81. The number of aromatic amines is 1. The van der Waals surface area contributed by atoms with E-state index < -0.39 is 0 Å². The summed E-state index contributed by atoms with van der Waals surface area (Å²) in [7, 11) is 0. The minimum atomic E-state index is 0.767. The fourth-order valence-electron chi connectivity index (χ4n) is 1.58. The summed E-state index contributed by atoms with van der Waals surface area (Å²) in [6.45, 7) is 0. The standard InChI is InChI=1S/C11H7ClN2S/c12-10-7-3-4-13-11(7)14-6-8(10)9-2-1-5-15-9/h1-6H,(H,13,14). The van der Waals surface area contributed by atoms with Crippen LogP contribution in [0.25, 0.3) is 21.5 Å². The van der Waals surface area contributed by atoms with E-state index in [1.165, 1.54) is 0 Å². The molecule has 0 aliphatic heterocycles. The number of nitrogens with one attached hydrogen (secondary N) is 1. The minimum Gasteiger partial charge on any atom is -0.346 e. The highest BCUT2D eigenvalue weighted by Gasteiger charge is 2.09. The molecule has 0 unspecified atom stereocenters. The molecule has 0 amide bonds. The molecule has 0 atom stereocenters. The van der Waals surface area contributed by atoms with E-state index in [4.69, 9.17) is 11.6 Å². The lowest BCUT2D eigenvalue weighted by atomic mass is 10.2. The number of rotatable bonds is 1. The molecule has 0 aliphatic carbocycles. The van der Waals surface area contributed by atoms with Crippen LogP contribution in [-0.4, -0.2) is 9.97 Å². The Morgan fingerprint density at radius 2 is 2.27 bits per heavy atom. The Morgan fingerprint density at radius 3 is 3.07 bits per heavy atom. The number of hydrogen-bond donors (Lipinski definition) is 1. The van der Waals surface area contributed by atoms with Gasteiger partial charge in [-0.3, -0.25) is 0 Å². The molecule has 3 aromatic heterocycles. The highest BCUT2D eigenvalue weighted by atomic mass is 35.5. The van der Waals surface area contributed by atoms with Crippen molar-refractivity contribution in [1.82, 2.24) is 9.97 Å². The van der Waals surface area contributed by atoms with E-state index in [0.717, 1.165) is 26.5 Å². The van der Waals surface area contributed by atoms with Gasteiger partial charge >= 0.3 is 0 Å². The zero-order chi connectivity index (χ0) is 10.3. The van der Waals surface area contributed by atoms with Gasteiger partial charge in [0.15, 0.2) is 0 Å². The summed E-state index contributed by atoms with van der Waals surface area (Å²) < 4.78 is 0. The van der Waals surface area contributed by atoms with Crippen molar-refractivity contribution in [1.29, 1.82) is 0 Å². The molecule has 0 bridgehead atoms. The number of hydrogen-bond acceptors (Lipinski definition) is 2. The van der Waals surface area contributed by atoms with Crippen molar-refractivity contribution in [2.75, 3.05) is 0 Å². The molecule has 4 heteroatoms. The molecular weight excluding hydrogens is 228 g/mol. The summed E-state index contributed by atoms with van der Waals surface area (Å²) in [5.74, 6) is 0. The van der Waals surface area contributed by atoms with Gasteiger partial charge in [-0.25, -0.2) is 4.98 Å². The van der Waals surface area contributed by atoms with Crippen molar-refractivity contribution in [2.24, 2.45) is 0 Å². The van der Waals surface area contributed by atoms with Gasteiger partial charge in [0.2, 0.25) is 0 Å². The third-order valence-corrected chi connectivity index (χ3v) is 3.62. The molecule has 3 rings (SSSR count). The van der Waals surface area contributed by atoms with Crippen LogP contribution in [-0.2, 0) is 0 Å². The van der Waals surface area contributed by atoms with Crippen LogP contribution in [0.4, 0.5) is 0 Å². The molecule has 15 heavy (non-hydrogen) atoms. The van der Waals surface area contributed by atoms with Crippen molar-refractivity contribution >= 4 is 34.0 Å². The Kier molecular flexibility index (Phi) is 2.01. The SMILES string of the molecule is Clc1c(-c2cccs2)cnc2[nH]ccc12. The summed E-state index contributed by atoms with van der Waals surface area (Å²) in [6.07, 6.45) is 3.66. The van der Waals surface area contributed by atoms with Gasteiger partial charge in [-0.1, -0.05) is 17.7 Å². The van der Waals surface area contributed by atoms with Gasteiger partial charge in [0.1, 0.15) is 5.65 Å². The molecule has 0 fully saturated rings. The Bertz CT molecular complexity index is 598. The van der Waals surface area contributed by atoms with Crippen molar-refractivity contribution in [3.8, 4) is 10.4 Å². The van der Waals surface area contributed by atoms with Gasteiger partial charge in [0, 0.05) is 28.2 Å². The second-order valence-corrected chi connectivity index (χ2v) is 4.53. The Balaban J connectivity index is 2.32. The first kappa shape index (κ1) is 8.95. The third kappa shape index (κ3) is 1.35. The Morgan fingerprint density at radius 1 is 1.33 bits per heavy atom. The first-order valence-corrected chi connectivity index (χ1v) is 5.77. The molecule has 3 heterocycles. The molecule has 0 aromatic carbocycles. The fraction of sp³-hybridized carbons (Fsp3) is 0. The molecule has 0 radical (unpaired) electrons. The number of halogens is 1. The average Bonchev–Trinajstić information content (AvgIpc) is 2.87. The molecular formula is C11H7ClN2S. The van der Waals surface area contributed by atoms with E-state index in [1.807, 2.05) is 36.0 Å². The minimum absolute atomic E-state index is 0.767. The predicted molar refractivity (Wildman–Crippen MR) is 64.4 cm³/mol. The number of pyridine rings is 1. The van der Waals surface area contributed by atoms with Crippen LogP contribution in [0.3, 0.4) is 0 Å². The molecule has 0 saturated carbocycles. The maximum absolute atomic E-state index is 6.32. The van der Waals surface area contributed by atoms with Gasteiger partial charge in [-0.15, -0.1) is 11.3 Å². The van der Waals surface area contributed by atoms with Crippen molar-refractivity contribution in [3.63, 3.8) is 0 Å².